The zero-order valence-corrected chi connectivity index (χ0v) is 14.6. The molecule has 0 spiro atoms. The van der Waals surface area contributed by atoms with E-state index in [0.717, 1.165) is 11.4 Å². The molecule has 0 saturated heterocycles. The van der Waals surface area contributed by atoms with Gasteiger partial charge in [-0.2, -0.15) is 0 Å². The van der Waals surface area contributed by atoms with Gasteiger partial charge in [0.25, 0.3) is 0 Å². The molecule has 3 aromatic heterocycles. The van der Waals surface area contributed by atoms with Gasteiger partial charge in [0.2, 0.25) is 0 Å². The number of nitrogens with zero attached hydrogens (tertiary/aromatic N) is 3. The van der Waals surface area contributed by atoms with E-state index in [-0.39, 0.29) is 22.4 Å². The van der Waals surface area contributed by atoms with Crippen LogP contribution < -0.4 is 5.63 Å². The Morgan fingerprint density at radius 2 is 1.92 bits per heavy atom. The van der Waals surface area contributed by atoms with E-state index >= 15 is 0 Å². The summed E-state index contributed by atoms with van der Waals surface area (Å²) in [6.07, 6.45) is 3.64. The summed E-state index contributed by atoms with van der Waals surface area (Å²) in [7, 11) is 0. The van der Waals surface area contributed by atoms with Gasteiger partial charge in [0.1, 0.15) is 11.5 Å². The zero-order chi connectivity index (χ0) is 16.1. The van der Waals surface area contributed by atoms with Gasteiger partial charge in [-0.3, -0.25) is 4.98 Å². The van der Waals surface area contributed by atoms with E-state index in [0.29, 0.717) is 22.5 Å². The highest BCUT2D eigenvalue weighted by molar-refractivity contribution is 8.93. The highest BCUT2D eigenvalue weighted by Crippen LogP contribution is 2.23. The maximum Gasteiger partial charge on any atom is 0.344 e. The molecule has 4 rings (SSSR count). The van der Waals surface area contributed by atoms with E-state index in [9.17, 15) is 9.18 Å². The molecular formula is C17H13BrFN3O2. The lowest BCUT2D eigenvalue weighted by Gasteiger charge is -1.99. The number of halogens is 2. The topological polar surface area (TPSA) is 60.4 Å². The normalized spacial score (nSPS) is 11.0. The molecule has 3 heterocycles. The van der Waals surface area contributed by atoms with Crippen LogP contribution in [-0.2, 0) is 0 Å². The van der Waals surface area contributed by atoms with Crippen molar-refractivity contribution in [3.8, 4) is 11.5 Å². The van der Waals surface area contributed by atoms with Crippen molar-refractivity contribution in [1.29, 1.82) is 0 Å². The lowest BCUT2D eigenvalue weighted by molar-refractivity contribution is 0.532. The quantitative estimate of drug-likeness (QED) is 0.496. The number of rotatable bonds is 1. The Labute approximate surface area is 146 Å². The van der Waals surface area contributed by atoms with Gasteiger partial charge in [-0.05, 0) is 37.4 Å². The maximum absolute atomic E-state index is 13.3. The molecule has 5 nitrogen and oxygen atoms in total. The number of hydrogen-bond donors (Lipinski definition) is 0. The summed E-state index contributed by atoms with van der Waals surface area (Å²) in [5.41, 5.74) is 2.31. The number of aryl methyl sites for hydroxylation is 2. The Hall–Kier alpha value is -2.54. The molecule has 0 amide bonds. The van der Waals surface area contributed by atoms with Crippen LogP contribution >= 0.6 is 17.0 Å². The Balaban J connectivity index is 0.00000169. The van der Waals surface area contributed by atoms with Gasteiger partial charge in [0, 0.05) is 12.4 Å². The molecule has 4 aromatic rings. The predicted octanol–water partition coefficient (Wildman–Crippen LogP) is 3.84. The molecule has 0 fully saturated rings. The van der Waals surface area contributed by atoms with Gasteiger partial charge >= 0.3 is 5.63 Å². The minimum Gasteiger partial charge on any atom is -0.421 e. The third-order valence-electron chi connectivity index (χ3n) is 3.70. The highest BCUT2D eigenvalue weighted by atomic mass is 79.9. The number of benzene rings is 1. The summed E-state index contributed by atoms with van der Waals surface area (Å²) in [5, 5.41) is 0.826. The molecule has 7 heteroatoms. The molecule has 1 aromatic carbocycles. The van der Waals surface area contributed by atoms with Crippen LogP contribution in [0.4, 0.5) is 4.39 Å². The summed E-state index contributed by atoms with van der Waals surface area (Å²) < 4.78 is 20.4. The van der Waals surface area contributed by atoms with Gasteiger partial charge in [-0.1, -0.05) is 6.07 Å². The van der Waals surface area contributed by atoms with Crippen molar-refractivity contribution in [3.63, 3.8) is 0 Å². The predicted molar refractivity (Wildman–Crippen MR) is 94.2 cm³/mol. The smallest absolute Gasteiger partial charge is 0.344 e. The van der Waals surface area contributed by atoms with Crippen LogP contribution in [0.1, 0.15) is 11.4 Å². The summed E-state index contributed by atoms with van der Waals surface area (Å²) in [6.45, 7) is 3.77. The monoisotopic (exact) mass is 389 g/mol. The third-order valence-corrected chi connectivity index (χ3v) is 3.70. The molecule has 0 N–H and O–H groups in total. The fraction of sp³-hybridized carbons (Fsp3) is 0.118. The second-order valence-corrected chi connectivity index (χ2v) is 5.45. The van der Waals surface area contributed by atoms with Crippen LogP contribution in [0.3, 0.4) is 0 Å². The molecule has 0 aliphatic carbocycles. The Morgan fingerprint density at radius 3 is 2.71 bits per heavy atom. The standard InChI is InChI=1S/C17H12FN3O2.BrH/c1-9-7-21-8-14(20-16(21)10(2)19-9)15-5-11-3-4-12(18)6-13(11)17(22)23-15;/h3-8H,1-2H3;1H. The number of fused-ring (bicyclic) bond motifs is 2. The zero-order valence-electron chi connectivity index (χ0n) is 12.9. The van der Waals surface area contributed by atoms with Crippen LogP contribution in [0.2, 0.25) is 0 Å². The molecule has 0 saturated carbocycles. The first-order valence-corrected chi connectivity index (χ1v) is 7.08. The third kappa shape index (κ3) is 2.60. The summed E-state index contributed by atoms with van der Waals surface area (Å²) in [6, 6.07) is 5.73. The molecule has 122 valence electrons. The molecule has 24 heavy (non-hydrogen) atoms. The Bertz CT molecular complexity index is 1130. The Morgan fingerprint density at radius 1 is 1.12 bits per heavy atom. The Kier molecular flexibility index (Phi) is 3.96. The van der Waals surface area contributed by atoms with Gasteiger partial charge < -0.3 is 8.82 Å². The first-order chi connectivity index (χ1) is 11.0. The fourth-order valence-corrected chi connectivity index (χ4v) is 2.71. The number of imidazole rings is 1. The van der Waals surface area contributed by atoms with Gasteiger partial charge in [-0.25, -0.2) is 14.2 Å². The van der Waals surface area contributed by atoms with E-state index in [1.165, 1.54) is 12.1 Å². The van der Waals surface area contributed by atoms with Crippen LogP contribution in [0.5, 0.6) is 0 Å². The second-order valence-electron chi connectivity index (χ2n) is 5.45. The van der Waals surface area contributed by atoms with Crippen molar-refractivity contribution in [1.82, 2.24) is 14.4 Å². The van der Waals surface area contributed by atoms with E-state index in [4.69, 9.17) is 4.42 Å². The van der Waals surface area contributed by atoms with Crippen LogP contribution in [0.15, 0.2) is 45.9 Å². The SMILES string of the molecule is Br.Cc1cn2cc(-c3cc4ccc(F)cc4c(=O)o3)nc2c(C)n1. The first kappa shape index (κ1) is 16.3. The molecule has 0 bridgehead atoms. The van der Waals surface area contributed by atoms with Crippen LogP contribution in [-0.4, -0.2) is 14.4 Å². The summed E-state index contributed by atoms with van der Waals surface area (Å²) >= 11 is 0. The van der Waals surface area contributed by atoms with Gasteiger partial charge in [-0.15, -0.1) is 17.0 Å². The first-order valence-electron chi connectivity index (χ1n) is 7.08. The lowest BCUT2D eigenvalue weighted by atomic mass is 10.1. The minimum atomic E-state index is -0.583. The molecular weight excluding hydrogens is 377 g/mol. The molecule has 0 atom stereocenters. The van der Waals surface area contributed by atoms with Gasteiger partial charge in [0.15, 0.2) is 11.4 Å². The lowest BCUT2D eigenvalue weighted by Crippen LogP contribution is -2.00. The largest absolute Gasteiger partial charge is 0.421 e. The van der Waals surface area contributed by atoms with Crippen molar-refractivity contribution >= 4 is 33.4 Å². The maximum atomic E-state index is 13.3. The van der Waals surface area contributed by atoms with Crippen molar-refractivity contribution in [2.75, 3.05) is 0 Å². The fourth-order valence-electron chi connectivity index (χ4n) is 2.71. The van der Waals surface area contributed by atoms with Crippen LogP contribution in [0, 0.1) is 19.7 Å². The second kappa shape index (κ2) is 5.83. The molecule has 0 aliphatic heterocycles. The van der Waals surface area contributed by atoms with Gasteiger partial charge in [0.05, 0.1) is 16.8 Å². The van der Waals surface area contributed by atoms with E-state index < -0.39 is 11.4 Å². The van der Waals surface area contributed by atoms with Crippen molar-refractivity contribution in [2.45, 2.75) is 13.8 Å². The summed E-state index contributed by atoms with van der Waals surface area (Å²) in [5.74, 6) is -0.127. The number of hydrogen-bond acceptors (Lipinski definition) is 4. The highest BCUT2D eigenvalue weighted by Gasteiger charge is 2.12. The van der Waals surface area contributed by atoms with E-state index in [1.54, 1.807) is 18.3 Å². The summed E-state index contributed by atoms with van der Waals surface area (Å²) in [4.78, 5) is 20.9. The molecule has 0 radical (unpaired) electrons. The van der Waals surface area contributed by atoms with E-state index in [1.807, 2.05) is 24.4 Å². The average molecular weight is 390 g/mol. The molecule has 0 aliphatic rings. The minimum absolute atomic E-state index is 0. The van der Waals surface area contributed by atoms with Crippen molar-refractivity contribution < 1.29 is 8.81 Å². The van der Waals surface area contributed by atoms with E-state index in [2.05, 4.69) is 9.97 Å². The molecule has 0 unspecified atom stereocenters. The van der Waals surface area contributed by atoms with Crippen molar-refractivity contribution in [3.05, 3.63) is 64.3 Å². The van der Waals surface area contributed by atoms with Crippen molar-refractivity contribution in [2.24, 2.45) is 0 Å². The number of aromatic nitrogens is 3. The average Bonchev–Trinajstić information content (AvgIpc) is 2.92. The van der Waals surface area contributed by atoms with Crippen LogP contribution in [0.25, 0.3) is 27.9 Å².